The van der Waals surface area contributed by atoms with Crippen LogP contribution in [0.25, 0.3) is 6.08 Å². The largest absolute Gasteiger partial charge is 0.452 e. The molecule has 0 radical (unpaired) electrons. The fourth-order valence-electron chi connectivity index (χ4n) is 2.25. The third-order valence-corrected chi connectivity index (χ3v) is 4.29. The molecule has 0 saturated carbocycles. The topological polar surface area (TPSA) is 46.6 Å². The first-order valence-corrected chi connectivity index (χ1v) is 9.21. The van der Waals surface area contributed by atoms with Gasteiger partial charge in [-0.1, -0.05) is 30.3 Å². The van der Waals surface area contributed by atoms with E-state index < -0.39 is 5.97 Å². The third-order valence-electron chi connectivity index (χ3n) is 3.55. The van der Waals surface area contributed by atoms with Crippen LogP contribution in [-0.2, 0) is 14.3 Å². The first-order chi connectivity index (χ1) is 12.1. The first-order valence-electron chi connectivity index (χ1n) is 7.98. The van der Waals surface area contributed by atoms with Crippen molar-refractivity contribution in [1.82, 2.24) is 0 Å². The number of amides is 1. The highest BCUT2D eigenvalue weighted by Crippen LogP contribution is 2.15. The molecule has 130 valence electrons. The number of nitrogens with zero attached hydrogens (tertiary/aromatic N) is 1. The number of hydrogen-bond acceptors (Lipinski definition) is 4. The summed E-state index contributed by atoms with van der Waals surface area (Å²) in [5.41, 5.74) is 1.69. The molecule has 0 saturated heterocycles. The number of esters is 1. The smallest absolute Gasteiger partial charge is 0.331 e. The van der Waals surface area contributed by atoms with Crippen molar-refractivity contribution in [2.24, 2.45) is 0 Å². The van der Waals surface area contributed by atoms with Crippen LogP contribution in [0.2, 0.25) is 0 Å². The van der Waals surface area contributed by atoms with Crippen molar-refractivity contribution in [3.05, 3.63) is 66.2 Å². The van der Waals surface area contributed by atoms with E-state index in [0.29, 0.717) is 6.54 Å². The number of thioether (sulfide) groups is 1. The minimum absolute atomic E-state index is 0.250. The van der Waals surface area contributed by atoms with E-state index in [1.165, 1.54) is 6.08 Å². The molecular weight excluding hydrogens is 334 g/mol. The number of rotatable bonds is 7. The Morgan fingerprint density at radius 2 is 1.76 bits per heavy atom. The normalized spacial score (nSPS) is 10.6. The molecule has 4 nitrogen and oxygen atoms in total. The zero-order valence-corrected chi connectivity index (χ0v) is 15.2. The van der Waals surface area contributed by atoms with Crippen molar-refractivity contribution in [3.8, 4) is 0 Å². The standard InChI is InChI=1S/C20H21NO3S/c1-3-21(17-7-5-4-6-8-17)19(22)15-24-20(23)14-11-16-9-12-18(25-2)13-10-16/h4-14H,3,15H2,1-2H3/b14-11+. The summed E-state index contributed by atoms with van der Waals surface area (Å²) in [5.74, 6) is -0.786. The fourth-order valence-corrected chi connectivity index (χ4v) is 2.66. The van der Waals surface area contributed by atoms with E-state index in [2.05, 4.69) is 0 Å². The molecule has 1 amide bonds. The first kappa shape index (κ1) is 18.8. The van der Waals surface area contributed by atoms with Crippen LogP contribution < -0.4 is 4.90 Å². The summed E-state index contributed by atoms with van der Waals surface area (Å²) in [6.07, 6.45) is 5.01. The minimum atomic E-state index is -0.536. The number of carbonyl (C=O) groups is 2. The lowest BCUT2D eigenvalue weighted by Crippen LogP contribution is -2.34. The molecule has 0 heterocycles. The van der Waals surface area contributed by atoms with Gasteiger partial charge in [-0.15, -0.1) is 11.8 Å². The van der Waals surface area contributed by atoms with E-state index in [9.17, 15) is 9.59 Å². The summed E-state index contributed by atoms with van der Waals surface area (Å²) in [4.78, 5) is 26.8. The minimum Gasteiger partial charge on any atom is -0.452 e. The van der Waals surface area contributed by atoms with Gasteiger partial charge in [-0.3, -0.25) is 4.79 Å². The van der Waals surface area contributed by atoms with Crippen LogP contribution in [-0.4, -0.2) is 31.3 Å². The van der Waals surface area contributed by atoms with Crippen molar-refractivity contribution < 1.29 is 14.3 Å². The van der Waals surface area contributed by atoms with Gasteiger partial charge in [0.25, 0.3) is 5.91 Å². The monoisotopic (exact) mass is 355 g/mol. The maximum absolute atomic E-state index is 12.2. The van der Waals surface area contributed by atoms with Crippen LogP contribution in [0.4, 0.5) is 5.69 Å². The number of para-hydroxylation sites is 1. The van der Waals surface area contributed by atoms with Gasteiger partial charge < -0.3 is 9.64 Å². The van der Waals surface area contributed by atoms with E-state index in [1.807, 2.05) is 67.8 Å². The Morgan fingerprint density at radius 3 is 2.36 bits per heavy atom. The van der Waals surface area contributed by atoms with Crippen LogP contribution in [0.3, 0.4) is 0 Å². The molecule has 2 rings (SSSR count). The van der Waals surface area contributed by atoms with E-state index in [-0.39, 0.29) is 12.5 Å². The quantitative estimate of drug-likeness (QED) is 0.428. The fraction of sp³-hybridized carbons (Fsp3) is 0.200. The molecular formula is C20H21NO3S. The molecule has 0 spiro atoms. The van der Waals surface area contributed by atoms with Gasteiger partial charge in [0, 0.05) is 23.2 Å². The zero-order chi connectivity index (χ0) is 18.1. The van der Waals surface area contributed by atoms with Gasteiger partial charge in [-0.05, 0) is 49.1 Å². The number of benzene rings is 2. The van der Waals surface area contributed by atoms with Crippen molar-refractivity contribution in [3.63, 3.8) is 0 Å². The Kier molecular flexibility index (Phi) is 7.29. The average Bonchev–Trinajstić information content (AvgIpc) is 2.66. The predicted octanol–water partition coefficient (Wildman–Crippen LogP) is 4.02. The lowest BCUT2D eigenvalue weighted by Gasteiger charge is -2.20. The summed E-state index contributed by atoms with van der Waals surface area (Å²) in [6, 6.07) is 17.1. The van der Waals surface area contributed by atoms with Gasteiger partial charge in [0.2, 0.25) is 0 Å². The Hall–Kier alpha value is -2.53. The summed E-state index contributed by atoms with van der Waals surface area (Å²) < 4.78 is 5.05. The van der Waals surface area contributed by atoms with Gasteiger partial charge in [0.15, 0.2) is 6.61 Å². The molecule has 25 heavy (non-hydrogen) atoms. The second-order valence-corrected chi connectivity index (χ2v) is 6.07. The van der Waals surface area contributed by atoms with Crippen molar-refractivity contribution >= 4 is 35.4 Å². The molecule has 2 aromatic carbocycles. The Morgan fingerprint density at radius 1 is 1.08 bits per heavy atom. The van der Waals surface area contributed by atoms with Crippen molar-refractivity contribution in [2.45, 2.75) is 11.8 Å². The molecule has 0 bridgehead atoms. The summed E-state index contributed by atoms with van der Waals surface area (Å²) >= 11 is 1.66. The summed E-state index contributed by atoms with van der Waals surface area (Å²) in [7, 11) is 0. The molecule has 0 aromatic heterocycles. The van der Waals surface area contributed by atoms with E-state index >= 15 is 0 Å². The SMILES string of the molecule is CCN(C(=O)COC(=O)/C=C/c1ccc(SC)cc1)c1ccccc1. The second-order valence-electron chi connectivity index (χ2n) is 5.19. The van der Waals surface area contributed by atoms with Gasteiger partial charge in [-0.25, -0.2) is 4.79 Å². The van der Waals surface area contributed by atoms with Gasteiger partial charge in [0.05, 0.1) is 0 Å². The lowest BCUT2D eigenvalue weighted by atomic mass is 10.2. The van der Waals surface area contributed by atoms with Gasteiger partial charge >= 0.3 is 5.97 Å². The van der Waals surface area contributed by atoms with Crippen LogP contribution >= 0.6 is 11.8 Å². The van der Waals surface area contributed by atoms with Gasteiger partial charge in [0.1, 0.15) is 0 Å². The van der Waals surface area contributed by atoms with Gasteiger partial charge in [-0.2, -0.15) is 0 Å². The highest BCUT2D eigenvalue weighted by Gasteiger charge is 2.14. The molecule has 0 atom stereocenters. The number of anilines is 1. The Bertz CT molecular complexity index is 726. The zero-order valence-electron chi connectivity index (χ0n) is 14.3. The number of likely N-dealkylation sites (N-methyl/N-ethyl adjacent to an activating group) is 1. The average molecular weight is 355 g/mol. The van der Waals surface area contributed by atoms with Crippen LogP contribution in [0.15, 0.2) is 65.6 Å². The second kappa shape index (κ2) is 9.69. The predicted molar refractivity (Wildman–Crippen MR) is 103 cm³/mol. The van der Waals surface area contributed by atoms with Crippen molar-refractivity contribution in [1.29, 1.82) is 0 Å². The Balaban J connectivity index is 1.87. The number of hydrogen-bond donors (Lipinski definition) is 0. The highest BCUT2D eigenvalue weighted by atomic mass is 32.2. The maximum atomic E-state index is 12.2. The molecule has 0 aliphatic heterocycles. The summed E-state index contributed by atoms with van der Waals surface area (Å²) in [5, 5.41) is 0. The Labute approximate surface area is 152 Å². The molecule has 0 N–H and O–H groups in total. The molecule has 2 aromatic rings. The third kappa shape index (κ3) is 5.80. The highest BCUT2D eigenvalue weighted by molar-refractivity contribution is 7.98. The summed E-state index contributed by atoms with van der Waals surface area (Å²) in [6.45, 7) is 2.11. The van der Waals surface area contributed by atoms with E-state index in [4.69, 9.17) is 4.74 Å². The number of carbonyl (C=O) groups excluding carboxylic acids is 2. The maximum Gasteiger partial charge on any atom is 0.331 e. The lowest BCUT2D eigenvalue weighted by molar-refractivity contribution is -0.142. The molecule has 5 heteroatoms. The molecule has 0 fully saturated rings. The van der Waals surface area contributed by atoms with Crippen molar-refractivity contribution in [2.75, 3.05) is 24.3 Å². The van der Waals surface area contributed by atoms with Crippen LogP contribution in [0.1, 0.15) is 12.5 Å². The van der Waals surface area contributed by atoms with Crippen LogP contribution in [0, 0.1) is 0 Å². The van der Waals surface area contributed by atoms with Crippen LogP contribution in [0.5, 0.6) is 0 Å². The molecule has 0 aliphatic rings. The molecule has 0 unspecified atom stereocenters. The number of ether oxygens (including phenoxy) is 1. The molecule has 0 aliphatic carbocycles. The van der Waals surface area contributed by atoms with E-state index in [0.717, 1.165) is 16.1 Å². The van der Waals surface area contributed by atoms with E-state index in [1.54, 1.807) is 22.7 Å².